The molecule has 0 aliphatic carbocycles. The second-order valence-electron chi connectivity index (χ2n) is 9.62. The van der Waals surface area contributed by atoms with E-state index in [1.165, 1.54) is 48.0 Å². The number of fused-ring (bicyclic) bond motifs is 2. The minimum atomic E-state index is -0.399. The molecule has 6 nitrogen and oxygen atoms in total. The average Bonchev–Trinajstić information content (AvgIpc) is 2.90. The summed E-state index contributed by atoms with van der Waals surface area (Å²) in [4.78, 5) is 32.2. The van der Waals surface area contributed by atoms with Gasteiger partial charge >= 0.3 is 0 Å². The van der Waals surface area contributed by atoms with Crippen molar-refractivity contribution in [3.63, 3.8) is 0 Å². The Hall–Kier alpha value is -4.26. The molecule has 0 atom stereocenters. The predicted molar refractivity (Wildman–Crippen MR) is 141 cm³/mol. The fourth-order valence-corrected chi connectivity index (χ4v) is 5.32. The van der Waals surface area contributed by atoms with E-state index in [1.807, 2.05) is 6.07 Å². The molecule has 2 aliphatic heterocycles. The van der Waals surface area contributed by atoms with Crippen LogP contribution in [-0.4, -0.2) is 24.8 Å². The molecular weight excluding hydrogens is 469 g/mol. The van der Waals surface area contributed by atoms with Gasteiger partial charge in [-0.3, -0.25) is 9.59 Å². The van der Waals surface area contributed by atoms with Crippen molar-refractivity contribution in [3.05, 3.63) is 94.3 Å². The number of benzene rings is 3. The first-order valence-electron chi connectivity index (χ1n) is 12.6. The summed E-state index contributed by atoms with van der Waals surface area (Å²) in [5.41, 5.74) is 6.58. The van der Waals surface area contributed by atoms with Gasteiger partial charge in [-0.05, 0) is 98.8 Å². The monoisotopic (exact) mass is 495 g/mol. The number of nitrogens with one attached hydrogen (secondary N) is 1. The van der Waals surface area contributed by atoms with Gasteiger partial charge in [-0.2, -0.15) is 0 Å². The number of ketones is 1. The number of amides is 1. The Bertz CT molecular complexity index is 1600. The normalized spacial score (nSPS) is 15.0. The van der Waals surface area contributed by atoms with Crippen LogP contribution in [-0.2, 0) is 12.8 Å². The molecule has 37 heavy (non-hydrogen) atoms. The number of Topliss-reactive ketones (excluding diaryl/α,β-unsaturated/α-hetero) is 1. The summed E-state index contributed by atoms with van der Waals surface area (Å²) in [5.74, 6) is -0.810. The van der Waals surface area contributed by atoms with Crippen molar-refractivity contribution < 1.29 is 18.4 Å². The van der Waals surface area contributed by atoms with Crippen LogP contribution in [0.4, 0.5) is 21.5 Å². The molecular formula is C30H26FN3O3. The highest BCUT2D eigenvalue weighted by atomic mass is 19.1. The molecule has 6 rings (SSSR count). The molecule has 3 heterocycles. The van der Waals surface area contributed by atoms with Crippen LogP contribution in [0.2, 0.25) is 0 Å². The Morgan fingerprint density at radius 2 is 1.70 bits per heavy atom. The van der Waals surface area contributed by atoms with Gasteiger partial charge in [0.2, 0.25) is 5.55 Å². The zero-order chi connectivity index (χ0) is 25.5. The van der Waals surface area contributed by atoms with Crippen LogP contribution in [0.3, 0.4) is 0 Å². The summed E-state index contributed by atoms with van der Waals surface area (Å²) >= 11 is 0. The van der Waals surface area contributed by atoms with Crippen molar-refractivity contribution in [3.8, 4) is 0 Å². The number of hydrogen-bond donors (Lipinski definition) is 1. The van der Waals surface area contributed by atoms with Crippen LogP contribution in [0, 0.1) is 5.82 Å². The van der Waals surface area contributed by atoms with E-state index in [0.717, 1.165) is 49.7 Å². The lowest BCUT2D eigenvalue weighted by molar-refractivity contribution is 0.101. The molecule has 4 aromatic rings. The van der Waals surface area contributed by atoms with Gasteiger partial charge in [-0.1, -0.05) is 0 Å². The Morgan fingerprint density at radius 3 is 2.43 bits per heavy atom. The van der Waals surface area contributed by atoms with Gasteiger partial charge in [0, 0.05) is 41.0 Å². The van der Waals surface area contributed by atoms with Crippen LogP contribution < -0.4 is 15.8 Å². The lowest BCUT2D eigenvalue weighted by Crippen LogP contribution is -2.34. The minimum Gasteiger partial charge on any atom is -0.437 e. The van der Waals surface area contributed by atoms with E-state index in [0.29, 0.717) is 16.9 Å². The van der Waals surface area contributed by atoms with Gasteiger partial charge in [0.1, 0.15) is 17.0 Å². The number of nitrogens with zero attached hydrogens (tertiary/aromatic N) is 2. The van der Waals surface area contributed by atoms with Crippen molar-refractivity contribution in [1.82, 2.24) is 0 Å². The maximum atomic E-state index is 13.4. The van der Waals surface area contributed by atoms with Crippen molar-refractivity contribution in [2.45, 2.75) is 32.6 Å². The first-order valence-corrected chi connectivity index (χ1v) is 12.6. The molecule has 1 amide bonds. The second kappa shape index (κ2) is 9.32. The first kappa shape index (κ1) is 23.2. The molecule has 0 unspecified atom stereocenters. The van der Waals surface area contributed by atoms with E-state index in [9.17, 15) is 14.0 Å². The third kappa shape index (κ3) is 4.42. The van der Waals surface area contributed by atoms with Gasteiger partial charge in [0.25, 0.3) is 5.91 Å². The van der Waals surface area contributed by atoms with Crippen molar-refractivity contribution >= 4 is 39.7 Å². The maximum absolute atomic E-state index is 13.4. The van der Waals surface area contributed by atoms with E-state index in [1.54, 1.807) is 24.3 Å². The topological polar surface area (TPSA) is 74.9 Å². The number of aryl methyl sites for hydroxylation is 2. The summed E-state index contributed by atoms with van der Waals surface area (Å²) in [5, 5.41) is 3.70. The molecule has 1 N–H and O–H groups in total. The fraction of sp³-hybridized carbons (Fsp3) is 0.233. The second-order valence-corrected chi connectivity index (χ2v) is 9.62. The molecule has 0 saturated carbocycles. The molecule has 7 heteroatoms. The largest absolute Gasteiger partial charge is 0.437 e. The smallest absolute Gasteiger partial charge is 0.261 e. The summed E-state index contributed by atoms with van der Waals surface area (Å²) in [6.45, 7) is 3.60. The molecule has 0 bridgehead atoms. The number of carbonyl (C=O) groups excluding carboxylic acids is 2. The van der Waals surface area contributed by atoms with E-state index >= 15 is 0 Å². The zero-order valence-electron chi connectivity index (χ0n) is 20.5. The number of anilines is 2. The Balaban J connectivity index is 1.53. The highest BCUT2D eigenvalue weighted by molar-refractivity contribution is 6.06. The van der Waals surface area contributed by atoms with Crippen molar-refractivity contribution in [1.29, 1.82) is 0 Å². The number of hydrogen-bond acceptors (Lipinski definition) is 5. The SMILES string of the molecule is CC(=O)c1ccc(N=c2oc3c4c5c(cc3cc2C(=O)Nc2ccc(F)cc2)CCCN5CCC4)cc1. The van der Waals surface area contributed by atoms with E-state index < -0.39 is 5.91 Å². The van der Waals surface area contributed by atoms with Crippen molar-refractivity contribution in [2.75, 3.05) is 23.3 Å². The Morgan fingerprint density at radius 1 is 0.973 bits per heavy atom. The molecule has 1 aromatic heterocycles. The highest BCUT2D eigenvalue weighted by Crippen LogP contribution is 2.39. The first-order chi connectivity index (χ1) is 18.0. The number of halogens is 1. The third-order valence-electron chi connectivity index (χ3n) is 7.08. The third-order valence-corrected chi connectivity index (χ3v) is 7.08. The molecule has 0 spiro atoms. The Labute approximate surface area is 213 Å². The van der Waals surface area contributed by atoms with Gasteiger partial charge in [-0.25, -0.2) is 9.38 Å². The number of carbonyl (C=O) groups is 2. The summed E-state index contributed by atoms with van der Waals surface area (Å²) in [6, 6.07) is 16.5. The molecule has 3 aromatic carbocycles. The van der Waals surface area contributed by atoms with Gasteiger partial charge < -0.3 is 14.6 Å². The van der Waals surface area contributed by atoms with E-state index in [4.69, 9.17) is 4.42 Å². The fourth-order valence-electron chi connectivity index (χ4n) is 5.32. The summed E-state index contributed by atoms with van der Waals surface area (Å²) < 4.78 is 19.8. The van der Waals surface area contributed by atoms with Crippen LogP contribution in [0.1, 0.15) is 51.6 Å². The molecule has 0 radical (unpaired) electrons. The maximum Gasteiger partial charge on any atom is 0.261 e. The highest BCUT2D eigenvalue weighted by Gasteiger charge is 2.27. The predicted octanol–water partition coefficient (Wildman–Crippen LogP) is 5.96. The lowest BCUT2D eigenvalue weighted by atomic mass is 9.90. The van der Waals surface area contributed by atoms with E-state index in [2.05, 4.69) is 21.3 Å². The molecule has 186 valence electrons. The van der Waals surface area contributed by atoms with Gasteiger partial charge in [0.15, 0.2) is 5.78 Å². The average molecular weight is 496 g/mol. The van der Waals surface area contributed by atoms with E-state index in [-0.39, 0.29) is 22.7 Å². The van der Waals surface area contributed by atoms with Crippen LogP contribution in [0.5, 0.6) is 0 Å². The van der Waals surface area contributed by atoms with Crippen LogP contribution in [0.15, 0.2) is 70.1 Å². The number of rotatable bonds is 4. The molecule has 0 saturated heterocycles. The zero-order valence-corrected chi connectivity index (χ0v) is 20.5. The quantitative estimate of drug-likeness (QED) is 0.355. The Kier molecular flexibility index (Phi) is 5.83. The summed E-state index contributed by atoms with van der Waals surface area (Å²) in [7, 11) is 0. The van der Waals surface area contributed by atoms with Gasteiger partial charge in [0.05, 0.1) is 5.69 Å². The van der Waals surface area contributed by atoms with Crippen LogP contribution in [0.25, 0.3) is 11.0 Å². The van der Waals surface area contributed by atoms with Crippen LogP contribution >= 0.6 is 0 Å². The van der Waals surface area contributed by atoms with Gasteiger partial charge in [-0.15, -0.1) is 0 Å². The standard InChI is InChI=1S/C30H26FN3O3/c1-18(35)19-6-10-24(11-7-19)33-30-26(29(36)32-23-12-8-22(31)9-13-23)17-21-16-20-4-2-14-34-15-3-5-25(27(20)34)28(21)37-30/h6-13,16-17H,2-5,14-15H2,1H3,(H,32,36). The minimum absolute atomic E-state index is 0.0327. The lowest BCUT2D eigenvalue weighted by Gasteiger charge is -2.37. The molecule has 2 aliphatic rings. The summed E-state index contributed by atoms with van der Waals surface area (Å²) in [6.07, 6.45) is 4.07. The van der Waals surface area contributed by atoms with Crippen molar-refractivity contribution in [2.24, 2.45) is 4.99 Å². The molecule has 0 fully saturated rings.